The molecule has 1 fully saturated rings. The van der Waals surface area contributed by atoms with Crippen molar-refractivity contribution in [2.45, 2.75) is 45.6 Å². The van der Waals surface area contributed by atoms with E-state index >= 15 is 0 Å². The molecule has 1 saturated heterocycles. The molecule has 0 aromatic heterocycles. The van der Waals surface area contributed by atoms with Gasteiger partial charge in [-0.2, -0.15) is 5.26 Å². The number of halogens is 1. The molecule has 0 spiro atoms. The van der Waals surface area contributed by atoms with Crippen LogP contribution >= 0.6 is 0 Å². The number of carbonyl (C=O) groups is 1. The van der Waals surface area contributed by atoms with Gasteiger partial charge in [-0.05, 0) is 51.7 Å². The predicted octanol–water partition coefficient (Wildman–Crippen LogP) is 3.91. The van der Waals surface area contributed by atoms with Gasteiger partial charge < -0.3 is 9.64 Å². The number of hydrogen-bond donors (Lipinski definition) is 0. The highest BCUT2D eigenvalue weighted by Crippen LogP contribution is 2.35. The number of likely N-dealkylation sites (tertiary alicyclic amines) is 1. The lowest BCUT2D eigenvalue weighted by atomic mass is 9.75. The van der Waals surface area contributed by atoms with Crippen LogP contribution in [0, 0.1) is 22.6 Å². The van der Waals surface area contributed by atoms with E-state index in [0.29, 0.717) is 37.9 Å². The molecule has 4 nitrogen and oxygen atoms in total. The van der Waals surface area contributed by atoms with Crippen LogP contribution in [-0.2, 0) is 11.2 Å². The van der Waals surface area contributed by atoms with Crippen molar-refractivity contribution in [3.8, 4) is 6.07 Å². The van der Waals surface area contributed by atoms with Crippen molar-refractivity contribution in [3.63, 3.8) is 0 Å². The van der Waals surface area contributed by atoms with Gasteiger partial charge in [-0.15, -0.1) is 0 Å². The van der Waals surface area contributed by atoms with E-state index in [-0.39, 0.29) is 11.9 Å². The Hall–Kier alpha value is -2.09. The highest BCUT2D eigenvalue weighted by atomic mass is 19.1. The Kier molecular flexibility index (Phi) is 4.93. The van der Waals surface area contributed by atoms with Gasteiger partial charge in [0.15, 0.2) is 0 Å². The molecule has 1 aliphatic rings. The number of amides is 1. The maximum absolute atomic E-state index is 13.8. The standard InChI is InChI=1S/C18H23FN2O2/c1-17(2,3)23-16(22)21-10-8-18(13-20,9-11-21)12-14-6-4-5-7-15(14)19/h4-7H,8-12H2,1-3H3. The van der Waals surface area contributed by atoms with E-state index < -0.39 is 11.0 Å². The lowest BCUT2D eigenvalue weighted by molar-refractivity contribution is 0.0148. The molecule has 1 aliphatic heterocycles. The summed E-state index contributed by atoms with van der Waals surface area (Å²) >= 11 is 0. The summed E-state index contributed by atoms with van der Waals surface area (Å²) in [6.07, 6.45) is 1.07. The number of nitriles is 1. The first-order chi connectivity index (χ1) is 10.7. The highest BCUT2D eigenvalue weighted by Gasteiger charge is 2.37. The van der Waals surface area contributed by atoms with Gasteiger partial charge in [-0.3, -0.25) is 0 Å². The second-order valence-electron chi connectivity index (χ2n) is 7.13. The molecule has 124 valence electrons. The van der Waals surface area contributed by atoms with E-state index in [4.69, 9.17) is 4.74 Å². The summed E-state index contributed by atoms with van der Waals surface area (Å²) in [7, 11) is 0. The monoisotopic (exact) mass is 318 g/mol. The van der Waals surface area contributed by atoms with Crippen LogP contribution in [0.15, 0.2) is 24.3 Å². The van der Waals surface area contributed by atoms with Crippen LogP contribution in [0.1, 0.15) is 39.2 Å². The SMILES string of the molecule is CC(C)(C)OC(=O)N1CCC(C#N)(Cc2ccccc2F)CC1. The molecule has 1 heterocycles. The van der Waals surface area contributed by atoms with Crippen molar-refractivity contribution in [2.24, 2.45) is 5.41 Å². The molecule has 0 atom stereocenters. The minimum atomic E-state index is -0.624. The third-order valence-electron chi connectivity index (χ3n) is 4.10. The van der Waals surface area contributed by atoms with Crippen LogP contribution in [0.2, 0.25) is 0 Å². The molecule has 0 unspecified atom stereocenters. The largest absolute Gasteiger partial charge is 0.444 e. The summed E-state index contributed by atoms with van der Waals surface area (Å²) < 4.78 is 19.2. The van der Waals surface area contributed by atoms with Gasteiger partial charge in [0, 0.05) is 13.1 Å². The fourth-order valence-corrected chi connectivity index (χ4v) is 2.78. The fourth-order valence-electron chi connectivity index (χ4n) is 2.78. The van der Waals surface area contributed by atoms with Crippen molar-refractivity contribution in [1.82, 2.24) is 4.90 Å². The van der Waals surface area contributed by atoms with Crippen molar-refractivity contribution in [1.29, 1.82) is 5.26 Å². The van der Waals surface area contributed by atoms with Crippen molar-refractivity contribution >= 4 is 6.09 Å². The van der Waals surface area contributed by atoms with Gasteiger partial charge >= 0.3 is 6.09 Å². The lowest BCUT2D eigenvalue weighted by Crippen LogP contribution is -2.45. The van der Waals surface area contributed by atoms with Crippen LogP contribution < -0.4 is 0 Å². The molecule has 1 amide bonds. The summed E-state index contributed by atoms with van der Waals surface area (Å²) in [6, 6.07) is 8.90. The minimum Gasteiger partial charge on any atom is -0.444 e. The van der Waals surface area contributed by atoms with E-state index in [9.17, 15) is 14.4 Å². The van der Waals surface area contributed by atoms with Gasteiger partial charge in [0.2, 0.25) is 0 Å². The number of rotatable bonds is 2. The summed E-state index contributed by atoms with van der Waals surface area (Å²) in [5.74, 6) is -0.281. The van der Waals surface area contributed by atoms with Gasteiger partial charge in [-0.25, -0.2) is 9.18 Å². The Morgan fingerprint density at radius 2 is 1.96 bits per heavy atom. The van der Waals surface area contributed by atoms with E-state index in [1.165, 1.54) is 6.07 Å². The average molecular weight is 318 g/mol. The van der Waals surface area contributed by atoms with E-state index in [1.807, 2.05) is 20.8 Å². The Morgan fingerprint density at radius 1 is 1.35 bits per heavy atom. The number of nitrogens with zero attached hydrogens (tertiary/aromatic N) is 2. The molecule has 2 rings (SSSR count). The number of benzene rings is 1. The predicted molar refractivity (Wildman–Crippen MR) is 85.2 cm³/mol. The molecule has 1 aromatic carbocycles. The Bertz CT molecular complexity index is 608. The Balaban J connectivity index is 2.02. The zero-order chi connectivity index (χ0) is 17.1. The third kappa shape index (κ3) is 4.44. The maximum atomic E-state index is 13.8. The molecule has 5 heteroatoms. The summed E-state index contributed by atoms with van der Waals surface area (Å²) in [5.41, 5.74) is -0.603. The molecule has 23 heavy (non-hydrogen) atoms. The van der Waals surface area contributed by atoms with Crippen molar-refractivity contribution in [2.75, 3.05) is 13.1 Å². The average Bonchev–Trinajstić information content (AvgIpc) is 2.48. The minimum absolute atomic E-state index is 0.281. The summed E-state index contributed by atoms with van der Waals surface area (Å²) in [6.45, 7) is 6.39. The van der Waals surface area contributed by atoms with Crippen LogP contribution in [0.5, 0.6) is 0 Å². The zero-order valence-electron chi connectivity index (χ0n) is 13.9. The maximum Gasteiger partial charge on any atom is 0.410 e. The van der Waals surface area contributed by atoms with E-state index in [0.717, 1.165) is 0 Å². The summed E-state index contributed by atoms with van der Waals surface area (Å²) in [4.78, 5) is 13.7. The topological polar surface area (TPSA) is 53.3 Å². The number of hydrogen-bond acceptors (Lipinski definition) is 3. The normalized spacial score (nSPS) is 17.4. The molecule has 0 bridgehead atoms. The van der Waals surface area contributed by atoms with Gasteiger partial charge in [0.25, 0.3) is 0 Å². The van der Waals surface area contributed by atoms with Crippen LogP contribution in [0.25, 0.3) is 0 Å². The first-order valence-electron chi connectivity index (χ1n) is 7.87. The Morgan fingerprint density at radius 3 is 2.48 bits per heavy atom. The molecular weight excluding hydrogens is 295 g/mol. The highest BCUT2D eigenvalue weighted by molar-refractivity contribution is 5.68. The molecule has 0 saturated carbocycles. The molecule has 0 radical (unpaired) electrons. The number of ether oxygens (including phenoxy) is 1. The molecule has 1 aromatic rings. The second kappa shape index (κ2) is 6.57. The quantitative estimate of drug-likeness (QED) is 0.831. The first kappa shape index (κ1) is 17.3. The van der Waals surface area contributed by atoms with E-state index in [2.05, 4.69) is 6.07 Å². The van der Waals surface area contributed by atoms with E-state index in [1.54, 1.807) is 23.1 Å². The summed E-state index contributed by atoms with van der Waals surface area (Å²) in [5, 5.41) is 9.60. The number of carbonyl (C=O) groups excluding carboxylic acids is 1. The molecule has 0 N–H and O–H groups in total. The first-order valence-corrected chi connectivity index (χ1v) is 7.87. The lowest BCUT2D eigenvalue weighted by Gasteiger charge is -2.38. The third-order valence-corrected chi connectivity index (χ3v) is 4.10. The van der Waals surface area contributed by atoms with Gasteiger partial charge in [0.1, 0.15) is 11.4 Å². The van der Waals surface area contributed by atoms with Crippen molar-refractivity contribution < 1.29 is 13.9 Å². The number of piperidine rings is 1. The van der Waals surface area contributed by atoms with Crippen LogP contribution in [0.3, 0.4) is 0 Å². The van der Waals surface area contributed by atoms with Crippen molar-refractivity contribution in [3.05, 3.63) is 35.6 Å². The zero-order valence-corrected chi connectivity index (χ0v) is 13.9. The van der Waals surface area contributed by atoms with Crippen LogP contribution in [-0.4, -0.2) is 29.7 Å². The Labute approximate surface area is 136 Å². The molecule has 0 aliphatic carbocycles. The fraction of sp³-hybridized carbons (Fsp3) is 0.556. The smallest absolute Gasteiger partial charge is 0.410 e. The van der Waals surface area contributed by atoms with Gasteiger partial charge in [0.05, 0.1) is 11.5 Å². The van der Waals surface area contributed by atoms with Gasteiger partial charge in [-0.1, -0.05) is 18.2 Å². The second-order valence-corrected chi connectivity index (χ2v) is 7.13. The van der Waals surface area contributed by atoms with Crippen LogP contribution in [0.4, 0.5) is 9.18 Å². The molecular formula is C18H23FN2O2.